The molecule has 0 radical (unpaired) electrons. The normalized spacial score (nSPS) is 12.9. The maximum absolute atomic E-state index is 11.1. The fourth-order valence-corrected chi connectivity index (χ4v) is 3.03. The predicted octanol–water partition coefficient (Wildman–Crippen LogP) is 1.97. The third-order valence-electron chi connectivity index (χ3n) is 3.92. The molecular weight excluding hydrogens is 529 g/mol. The van der Waals surface area contributed by atoms with Gasteiger partial charge in [0.05, 0.1) is 25.0 Å². The molecule has 1 heterocycles. The SMILES string of the molecule is CN=C(NCCOCCS(C)(=O)=O)NCC(c1ccc(Cl)cc1)n1cccn1.I. The van der Waals surface area contributed by atoms with Crippen LogP contribution in [0.3, 0.4) is 0 Å². The molecule has 0 fully saturated rings. The van der Waals surface area contributed by atoms with E-state index in [0.29, 0.717) is 30.7 Å². The summed E-state index contributed by atoms with van der Waals surface area (Å²) in [6.45, 7) is 1.65. The lowest BCUT2D eigenvalue weighted by molar-refractivity contribution is 0.154. The van der Waals surface area contributed by atoms with E-state index in [2.05, 4.69) is 20.7 Å². The molecule has 0 saturated carbocycles. The van der Waals surface area contributed by atoms with Crippen molar-refractivity contribution in [1.82, 2.24) is 20.4 Å². The van der Waals surface area contributed by atoms with E-state index < -0.39 is 9.84 Å². The average molecular weight is 556 g/mol. The first-order valence-corrected chi connectivity index (χ1v) is 11.3. The molecule has 1 aromatic heterocycles. The summed E-state index contributed by atoms with van der Waals surface area (Å²) in [6.07, 6.45) is 4.84. The van der Waals surface area contributed by atoms with Gasteiger partial charge in [-0.15, -0.1) is 24.0 Å². The molecule has 0 aliphatic carbocycles. The van der Waals surface area contributed by atoms with Gasteiger partial charge in [0, 0.05) is 43.8 Å². The molecule has 29 heavy (non-hydrogen) atoms. The van der Waals surface area contributed by atoms with Crippen LogP contribution in [0.25, 0.3) is 0 Å². The second-order valence-corrected chi connectivity index (χ2v) is 8.87. The van der Waals surface area contributed by atoms with Gasteiger partial charge >= 0.3 is 0 Å². The highest BCUT2D eigenvalue weighted by Crippen LogP contribution is 2.19. The van der Waals surface area contributed by atoms with Crippen molar-refractivity contribution >= 4 is 51.4 Å². The molecule has 0 amide bonds. The molecule has 2 rings (SSSR count). The van der Waals surface area contributed by atoms with Crippen LogP contribution in [0, 0.1) is 0 Å². The summed E-state index contributed by atoms with van der Waals surface area (Å²) in [4.78, 5) is 4.20. The standard InChI is InChI=1S/C18H26ClN5O3S.HI/c1-20-18(21-9-11-27-12-13-28(2,25)26)22-14-17(24-10-3-8-23-24)15-4-6-16(19)7-5-15;/h3-8,10,17H,9,11-14H2,1-2H3,(H2,20,21,22);1H. The Morgan fingerprint density at radius 2 is 2.00 bits per heavy atom. The topological polar surface area (TPSA) is 97.6 Å². The van der Waals surface area contributed by atoms with E-state index in [9.17, 15) is 8.42 Å². The highest BCUT2D eigenvalue weighted by Gasteiger charge is 2.14. The first-order chi connectivity index (χ1) is 13.4. The van der Waals surface area contributed by atoms with E-state index in [1.807, 2.05) is 41.2 Å². The van der Waals surface area contributed by atoms with Crippen molar-refractivity contribution in [1.29, 1.82) is 0 Å². The minimum Gasteiger partial charge on any atom is -0.379 e. The molecule has 2 aromatic rings. The van der Waals surface area contributed by atoms with Gasteiger partial charge in [0.1, 0.15) is 9.84 Å². The Morgan fingerprint density at radius 3 is 2.59 bits per heavy atom. The van der Waals surface area contributed by atoms with Crippen molar-refractivity contribution < 1.29 is 13.2 Å². The van der Waals surface area contributed by atoms with E-state index in [0.717, 1.165) is 5.56 Å². The molecule has 11 heteroatoms. The van der Waals surface area contributed by atoms with Gasteiger partial charge < -0.3 is 15.4 Å². The minimum atomic E-state index is -3.00. The number of benzene rings is 1. The number of nitrogens with one attached hydrogen (secondary N) is 2. The summed E-state index contributed by atoms with van der Waals surface area (Å²) in [5, 5.41) is 11.5. The van der Waals surface area contributed by atoms with Crippen molar-refractivity contribution in [3.63, 3.8) is 0 Å². The number of ether oxygens (including phenoxy) is 1. The zero-order chi connectivity index (χ0) is 20.4. The molecule has 0 saturated heterocycles. The van der Waals surface area contributed by atoms with E-state index >= 15 is 0 Å². The average Bonchev–Trinajstić information content (AvgIpc) is 3.18. The number of guanidine groups is 1. The van der Waals surface area contributed by atoms with Gasteiger partial charge in [-0.05, 0) is 23.8 Å². The van der Waals surface area contributed by atoms with E-state index in [4.69, 9.17) is 16.3 Å². The van der Waals surface area contributed by atoms with Crippen LogP contribution in [0.1, 0.15) is 11.6 Å². The number of aliphatic imine (C=N–C) groups is 1. The molecule has 2 N–H and O–H groups in total. The Hall–Kier alpha value is -1.37. The Kier molecular flexibility index (Phi) is 11.5. The van der Waals surface area contributed by atoms with E-state index in [1.54, 1.807) is 13.2 Å². The summed E-state index contributed by atoms with van der Waals surface area (Å²) in [5.41, 5.74) is 1.07. The van der Waals surface area contributed by atoms with Crippen molar-refractivity contribution in [2.45, 2.75) is 6.04 Å². The third kappa shape index (κ3) is 9.79. The lowest BCUT2D eigenvalue weighted by Crippen LogP contribution is -2.41. The van der Waals surface area contributed by atoms with Gasteiger partial charge in [0.2, 0.25) is 0 Å². The minimum absolute atomic E-state index is 0. The largest absolute Gasteiger partial charge is 0.379 e. The molecule has 0 spiro atoms. The number of hydrogen-bond donors (Lipinski definition) is 2. The zero-order valence-corrected chi connectivity index (χ0v) is 20.3. The lowest BCUT2D eigenvalue weighted by Gasteiger charge is -2.20. The van der Waals surface area contributed by atoms with Crippen LogP contribution in [-0.2, 0) is 14.6 Å². The fourth-order valence-electron chi connectivity index (χ4n) is 2.48. The van der Waals surface area contributed by atoms with Gasteiger partial charge in [-0.3, -0.25) is 9.67 Å². The quantitative estimate of drug-likeness (QED) is 0.201. The Bertz CT molecular complexity index is 845. The second-order valence-electron chi connectivity index (χ2n) is 6.18. The number of halogens is 2. The molecule has 0 aliphatic heterocycles. The highest BCUT2D eigenvalue weighted by atomic mass is 127. The third-order valence-corrected chi connectivity index (χ3v) is 5.08. The highest BCUT2D eigenvalue weighted by molar-refractivity contribution is 14.0. The van der Waals surface area contributed by atoms with E-state index in [1.165, 1.54) is 6.26 Å². The first kappa shape index (κ1) is 25.7. The number of nitrogens with zero attached hydrogens (tertiary/aromatic N) is 3. The molecule has 0 bridgehead atoms. The van der Waals surface area contributed by atoms with E-state index in [-0.39, 0.29) is 42.4 Å². The van der Waals surface area contributed by atoms with Crippen molar-refractivity contribution in [3.05, 3.63) is 53.3 Å². The van der Waals surface area contributed by atoms with Crippen LogP contribution in [0.15, 0.2) is 47.7 Å². The smallest absolute Gasteiger partial charge is 0.191 e. The number of sulfone groups is 1. The van der Waals surface area contributed by atoms with Crippen LogP contribution < -0.4 is 10.6 Å². The number of hydrogen-bond acceptors (Lipinski definition) is 5. The molecule has 1 aromatic carbocycles. The van der Waals surface area contributed by atoms with Crippen LogP contribution >= 0.6 is 35.6 Å². The maximum Gasteiger partial charge on any atom is 0.191 e. The Balaban J connectivity index is 0.00000420. The summed E-state index contributed by atoms with van der Waals surface area (Å²) in [5.74, 6) is 0.643. The van der Waals surface area contributed by atoms with Gasteiger partial charge in [-0.2, -0.15) is 5.10 Å². The molecule has 8 nitrogen and oxygen atoms in total. The molecular formula is C18H27ClIN5O3S. The summed E-state index contributed by atoms with van der Waals surface area (Å²) in [7, 11) is -1.31. The Labute approximate surface area is 194 Å². The molecule has 162 valence electrons. The number of rotatable bonds is 10. The van der Waals surface area contributed by atoms with Crippen molar-refractivity contribution in [2.75, 3.05) is 45.4 Å². The van der Waals surface area contributed by atoms with Crippen LogP contribution in [0.5, 0.6) is 0 Å². The van der Waals surface area contributed by atoms with Crippen LogP contribution in [0.2, 0.25) is 5.02 Å². The molecule has 1 unspecified atom stereocenters. The van der Waals surface area contributed by atoms with Crippen LogP contribution in [-0.4, -0.2) is 69.5 Å². The number of aromatic nitrogens is 2. The zero-order valence-electron chi connectivity index (χ0n) is 16.4. The maximum atomic E-state index is 11.1. The summed E-state index contributed by atoms with van der Waals surface area (Å²) in [6, 6.07) is 9.51. The fraction of sp³-hybridized carbons (Fsp3) is 0.444. The monoisotopic (exact) mass is 555 g/mol. The van der Waals surface area contributed by atoms with Gasteiger partial charge in [0.15, 0.2) is 5.96 Å². The first-order valence-electron chi connectivity index (χ1n) is 8.83. The molecule has 1 atom stereocenters. The van der Waals surface area contributed by atoms with Crippen molar-refractivity contribution in [3.8, 4) is 0 Å². The van der Waals surface area contributed by atoms with Gasteiger partial charge in [0.25, 0.3) is 0 Å². The van der Waals surface area contributed by atoms with Gasteiger partial charge in [-0.1, -0.05) is 23.7 Å². The van der Waals surface area contributed by atoms with Crippen molar-refractivity contribution in [2.24, 2.45) is 4.99 Å². The molecule has 0 aliphatic rings. The summed E-state index contributed by atoms with van der Waals surface area (Å²) < 4.78 is 29.3. The predicted molar refractivity (Wildman–Crippen MR) is 127 cm³/mol. The Morgan fingerprint density at radius 1 is 1.28 bits per heavy atom. The lowest BCUT2D eigenvalue weighted by atomic mass is 10.1. The van der Waals surface area contributed by atoms with Crippen LogP contribution in [0.4, 0.5) is 0 Å². The summed E-state index contributed by atoms with van der Waals surface area (Å²) >= 11 is 6.00. The second kappa shape index (κ2) is 13.0. The van der Waals surface area contributed by atoms with Gasteiger partial charge in [-0.25, -0.2) is 8.42 Å².